The van der Waals surface area contributed by atoms with E-state index in [-0.39, 0.29) is 0 Å². The van der Waals surface area contributed by atoms with Crippen LogP contribution < -0.4 is 4.90 Å². The molecule has 0 unspecified atom stereocenters. The number of fused-ring (bicyclic) bond motifs is 6. The van der Waals surface area contributed by atoms with Gasteiger partial charge in [-0.15, -0.1) is 0 Å². The molecule has 0 aliphatic heterocycles. The SMILES string of the molecule is c1cncc(N(c2ccc3c4c(cccc24)-c2ccccc2-3)c2cc3ccccc3c3ccccc23)c1. The lowest BCUT2D eigenvalue weighted by molar-refractivity contribution is 1.25. The average Bonchev–Trinajstić information content (AvgIpc) is 3.30. The molecule has 0 bridgehead atoms. The number of nitrogens with zero attached hydrogens (tertiary/aromatic N) is 2. The van der Waals surface area contributed by atoms with Gasteiger partial charge in [0.1, 0.15) is 0 Å². The fourth-order valence-corrected chi connectivity index (χ4v) is 6.10. The first-order chi connectivity index (χ1) is 18.4. The molecule has 1 aliphatic carbocycles. The Hall–Kier alpha value is -4.95. The van der Waals surface area contributed by atoms with Crippen LogP contribution in [0.1, 0.15) is 0 Å². The smallest absolute Gasteiger partial charge is 0.0645 e. The second-order valence-electron chi connectivity index (χ2n) is 9.62. The maximum atomic E-state index is 4.52. The van der Waals surface area contributed by atoms with Gasteiger partial charge in [0, 0.05) is 17.0 Å². The summed E-state index contributed by atoms with van der Waals surface area (Å²) in [6, 6.07) is 43.9. The zero-order valence-electron chi connectivity index (χ0n) is 20.1. The molecule has 0 fully saturated rings. The fraction of sp³-hybridized carbons (Fsp3) is 0. The summed E-state index contributed by atoms with van der Waals surface area (Å²) in [6.45, 7) is 0. The zero-order valence-corrected chi connectivity index (χ0v) is 20.1. The lowest BCUT2D eigenvalue weighted by Gasteiger charge is -2.28. The van der Waals surface area contributed by atoms with Crippen molar-refractivity contribution in [2.24, 2.45) is 0 Å². The van der Waals surface area contributed by atoms with E-state index in [0.29, 0.717) is 0 Å². The van der Waals surface area contributed by atoms with Crippen LogP contribution in [-0.2, 0) is 0 Å². The lowest BCUT2D eigenvalue weighted by atomic mass is 9.97. The van der Waals surface area contributed by atoms with Crippen LogP contribution >= 0.6 is 0 Å². The summed E-state index contributed by atoms with van der Waals surface area (Å²) in [5.74, 6) is 0. The Bertz CT molecular complexity index is 1960. The highest BCUT2D eigenvalue weighted by Gasteiger charge is 2.25. The van der Waals surface area contributed by atoms with Crippen molar-refractivity contribution < 1.29 is 0 Å². The van der Waals surface area contributed by atoms with E-state index in [9.17, 15) is 0 Å². The molecule has 1 aromatic heterocycles. The summed E-state index contributed by atoms with van der Waals surface area (Å²) >= 11 is 0. The van der Waals surface area contributed by atoms with Crippen LogP contribution in [-0.4, -0.2) is 4.98 Å². The Morgan fingerprint density at radius 2 is 1.14 bits per heavy atom. The molecule has 1 heterocycles. The van der Waals surface area contributed by atoms with Gasteiger partial charge in [-0.05, 0) is 68.1 Å². The Labute approximate surface area is 215 Å². The number of hydrogen-bond acceptors (Lipinski definition) is 2. The monoisotopic (exact) mass is 470 g/mol. The number of aromatic nitrogens is 1. The molecule has 8 rings (SSSR count). The summed E-state index contributed by atoms with van der Waals surface area (Å²) in [4.78, 5) is 6.90. The molecule has 0 radical (unpaired) electrons. The molecular weight excluding hydrogens is 448 g/mol. The molecule has 6 aromatic carbocycles. The number of pyridine rings is 1. The quantitative estimate of drug-likeness (QED) is 0.239. The van der Waals surface area contributed by atoms with Crippen LogP contribution in [0.25, 0.3) is 54.6 Å². The minimum absolute atomic E-state index is 1.04. The highest BCUT2D eigenvalue weighted by Crippen LogP contribution is 2.51. The van der Waals surface area contributed by atoms with Crippen LogP contribution in [0.4, 0.5) is 17.1 Å². The third kappa shape index (κ3) is 2.90. The highest BCUT2D eigenvalue weighted by molar-refractivity contribution is 6.20. The number of rotatable bonds is 3. The molecular formula is C35H22N2. The largest absolute Gasteiger partial charge is 0.308 e. The van der Waals surface area contributed by atoms with Gasteiger partial charge in [0.05, 0.1) is 23.3 Å². The van der Waals surface area contributed by atoms with Crippen molar-refractivity contribution in [3.05, 3.63) is 134 Å². The first kappa shape index (κ1) is 20.3. The Kier molecular flexibility index (Phi) is 4.26. The van der Waals surface area contributed by atoms with Crippen LogP contribution in [0.5, 0.6) is 0 Å². The minimum Gasteiger partial charge on any atom is -0.308 e. The molecule has 0 spiro atoms. The second-order valence-corrected chi connectivity index (χ2v) is 9.62. The van der Waals surface area contributed by atoms with E-state index in [1.165, 1.54) is 54.6 Å². The van der Waals surface area contributed by atoms with Crippen molar-refractivity contribution in [1.82, 2.24) is 4.98 Å². The summed E-state index contributed by atoms with van der Waals surface area (Å²) in [6.07, 6.45) is 3.80. The van der Waals surface area contributed by atoms with Crippen LogP contribution in [0.15, 0.2) is 134 Å². The van der Waals surface area contributed by atoms with Gasteiger partial charge in [-0.1, -0.05) is 97.1 Å². The highest BCUT2D eigenvalue weighted by atomic mass is 15.1. The summed E-state index contributed by atoms with van der Waals surface area (Å²) in [7, 11) is 0. The Morgan fingerprint density at radius 3 is 1.95 bits per heavy atom. The first-order valence-corrected chi connectivity index (χ1v) is 12.6. The second kappa shape index (κ2) is 7.78. The molecule has 2 heteroatoms. The number of benzene rings is 6. The minimum atomic E-state index is 1.04. The summed E-state index contributed by atoms with van der Waals surface area (Å²) in [5, 5.41) is 7.53. The van der Waals surface area contributed by atoms with E-state index in [0.717, 1.165) is 17.1 Å². The predicted octanol–water partition coefficient (Wildman–Crippen LogP) is 9.66. The van der Waals surface area contributed by atoms with Gasteiger partial charge in [0.15, 0.2) is 0 Å². The first-order valence-electron chi connectivity index (χ1n) is 12.6. The average molecular weight is 471 g/mol. The van der Waals surface area contributed by atoms with Gasteiger partial charge in [-0.2, -0.15) is 0 Å². The molecule has 0 saturated carbocycles. The van der Waals surface area contributed by atoms with Gasteiger partial charge in [-0.3, -0.25) is 4.98 Å². The molecule has 2 nitrogen and oxygen atoms in total. The van der Waals surface area contributed by atoms with Crippen molar-refractivity contribution in [3.63, 3.8) is 0 Å². The third-order valence-electron chi connectivity index (χ3n) is 7.66. The Morgan fingerprint density at radius 1 is 0.459 bits per heavy atom. The van der Waals surface area contributed by atoms with E-state index in [2.05, 4.69) is 125 Å². The van der Waals surface area contributed by atoms with Crippen LogP contribution in [0.3, 0.4) is 0 Å². The van der Waals surface area contributed by atoms with E-state index in [1.54, 1.807) is 0 Å². The maximum absolute atomic E-state index is 4.52. The maximum Gasteiger partial charge on any atom is 0.0645 e. The van der Waals surface area contributed by atoms with Gasteiger partial charge in [-0.25, -0.2) is 0 Å². The predicted molar refractivity (Wildman–Crippen MR) is 156 cm³/mol. The topological polar surface area (TPSA) is 16.1 Å². The molecule has 0 saturated heterocycles. The number of hydrogen-bond donors (Lipinski definition) is 0. The van der Waals surface area contributed by atoms with Gasteiger partial charge in [0.2, 0.25) is 0 Å². The molecule has 0 amide bonds. The van der Waals surface area contributed by atoms with Crippen molar-refractivity contribution in [3.8, 4) is 22.3 Å². The van der Waals surface area contributed by atoms with E-state index >= 15 is 0 Å². The third-order valence-corrected chi connectivity index (χ3v) is 7.66. The summed E-state index contributed by atoms with van der Waals surface area (Å²) < 4.78 is 0. The standard InChI is InChI=1S/C35H22N2/c1-2-11-25-23(9-1)21-34(29-15-6-5-12-26(25)29)37(24-10-8-20-36-22-24)33-19-18-31-28-14-4-3-13-27(28)30-16-7-17-32(33)35(30)31/h1-22H. The molecule has 7 aromatic rings. The van der Waals surface area contributed by atoms with E-state index in [1.807, 2.05) is 18.5 Å². The van der Waals surface area contributed by atoms with Crippen LogP contribution in [0, 0.1) is 0 Å². The number of anilines is 3. The normalized spacial score (nSPS) is 11.8. The lowest BCUT2D eigenvalue weighted by Crippen LogP contribution is -2.11. The molecule has 37 heavy (non-hydrogen) atoms. The van der Waals surface area contributed by atoms with Crippen molar-refractivity contribution in [1.29, 1.82) is 0 Å². The molecule has 0 atom stereocenters. The van der Waals surface area contributed by atoms with Gasteiger partial charge >= 0.3 is 0 Å². The molecule has 0 N–H and O–H groups in total. The van der Waals surface area contributed by atoms with Crippen molar-refractivity contribution in [2.45, 2.75) is 0 Å². The van der Waals surface area contributed by atoms with Gasteiger partial charge < -0.3 is 4.90 Å². The Balaban J connectivity index is 1.49. The fourth-order valence-electron chi connectivity index (χ4n) is 6.10. The van der Waals surface area contributed by atoms with E-state index < -0.39 is 0 Å². The van der Waals surface area contributed by atoms with Gasteiger partial charge in [0.25, 0.3) is 0 Å². The van der Waals surface area contributed by atoms with Crippen molar-refractivity contribution in [2.75, 3.05) is 4.90 Å². The molecule has 1 aliphatic rings. The van der Waals surface area contributed by atoms with Crippen molar-refractivity contribution >= 4 is 49.4 Å². The zero-order chi connectivity index (χ0) is 24.3. The summed E-state index contributed by atoms with van der Waals surface area (Å²) in [5.41, 5.74) is 8.58. The molecule has 172 valence electrons. The van der Waals surface area contributed by atoms with E-state index in [4.69, 9.17) is 0 Å². The van der Waals surface area contributed by atoms with Crippen LogP contribution in [0.2, 0.25) is 0 Å².